The van der Waals surface area contributed by atoms with Gasteiger partial charge < -0.3 is 15.4 Å². The zero-order chi connectivity index (χ0) is 19.6. The molecular formula is C20H18Cl2N2O2S. The van der Waals surface area contributed by atoms with Gasteiger partial charge in [0.2, 0.25) is 0 Å². The predicted octanol–water partition coefficient (Wildman–Crippen LogP) is 4.95. The molecule has 27 heavy (non-hydrogen) atoms. The lowest BCUT2D eigenvalue weighted by Gasteiger charge is -2.29. The molecule has 0 spiro atoms. The molecule has 0 aromatic heterocycles. The zero-order valence-corrected chi connectivity index (χ0v) is 17.1. The predicted molar refractivity (Wildman–Crippen MR) is 112 cm³/mol. The molecule has 2 aromatic carbocycles. The van der Waals surface area contributed by atoms with Crippen molar-refractivity contribution in [2.24, 2.45) is 0 Å². The molecule has 0 fully saturated rings. The first-order valence-corrected chi connectivity index (χ1v) is 9.48. The third kappa shape index (κ3) is 4.43. The number of halogens is 2. The SMILES string of the molecule is CC(=O)C1=C(C)NC(=S)NC1c1ccc(OCc2c(Cl)cccc2Cl)cc1. The first-order chi connectivity index (χ1) is 12.9. The summed E-state index contributed by atoms with van der Waals surface area (Å²) in [5, 5.41) is 7.79. The maximum Gasteiger partial charge on any atom is 0.171 e. The molecule has 0 saturated heterocycles. The fraction of sp³-hybridized carbons (Fsp3) is 0.200. The van der Waals surface area contributed by atoms with Gasteiger partial charge in [-0.05, 0) is 55.9 Å². The minimum atomic E-state index is -0.289. The van der Waals surface area contributed by atoms with Crippen molar-refractivity contribution in [2.75, 3.05) is 0 Å². The Balaban J connectivity index is 1.78. The van der Waals surface area contributed by atoms with E-state index in [1.165, 1.54) is 0 Å². The number of carbonyl (C=O) groups is 1. The first-order valence-electron chi connectivity index (χ1n) is 8.31. The molecule has 1 atom stereocenters. The summed E-state index contributed by atoms with van der Waals surface area (Å²) in [5.74, 6) is 0.671. The minimum Gasteiger partial charge on any atom is -0.489 e. The topological polar surface area (TPSA) is 50.4 Å². The van der Waals surface area contributed by atoms with Gasteiger partial charge in [-0.1, -0.05) is 41.4 Å². The number of carbonyl (C=O) groups excluding carboxylic acids is 1. The molecular weight excluding hydrogens is 403 g/mol. The molecule has 7 heteroatoms. The second kappa shape index (κ2) is 8.30. The second-order valence-corrected chi connectivity index (χ2v) is 7.41. The van der Waals surface area contributed by atoms with Crippen molar-refractivity contribution in [3.05, 3.63) is 74.9 Å². The highest BCUT2D eigenvalue weighted by Gasteiger charge is 2.27. The Hall–Kier alpha value is -2.08. The number of Topliss-reactive ketones (excluding diaryl/α,β-unsaturated/α-hetero) is 1. The number of ether oxygens (including phenoxy) is 1. The summed E-state index contributed by atoms with van der Waals surface area (Å²) in [4.78, 5) is 12.1. The summed E-state index contributed by atoms with van der Waals surface area (Å²) < 4.78 is 5.81. The average molecular weight is 421 g/mol. The number of rotatable bonds is 5. The zero-order valence-electron chi connectivity index (χ0n) is 14.8. The van der Waals surface area contributed by atoms with Gasteiger partial charge in [-0.25, -0.2) is 0 Å². The van der Waals surface area contributed by atoms with Crippen LogP contribution < -0.4 is 15.4 Å². The van der Waals surface area contributed by atoms with Gasteiger partial charge in [0.15, 0.2) is 10.9 Å². The van der Waals surface area contributed by atoms with E-state index in [2.05, 4.69) is 10.6 Å². The van der Waals surface area contributed by atoms with Crippen LogP contribution >= 0.6 is 35.4 Å². The first kappa shape index (κ1) is 19.7. The normalized spacial score (nSPS) is 16.6. The maximum absolute atomic E-state index is 12.1. The largest absolute Gasteiger partial charge is 0.489 e. The lowest BCUT2D eigenvalue weighted by atomic mass is 9.93. The van der Waals surface area contributed by atoms with Gasteiger partial charge in [0.1, 0.15) is 12.4 Å². The molecule has 2 aromatic rings. The van der Waals surface area contributed by atoms with Gasteiger partial charge in [-0.15, -0.1) is 0 Å². The molecule has 1 heterocycles. The number of hydrogen-bond acceptors (Lipinski definition) is 3. The van der Waals surface area contributed by atoms with Gasteiger partial charge in [0.25, 0.3) is 0 Å². The smallest absolute Gasteiger partial charge is 0.171 e. The average Bonchev–Trinajstić information content (AvgIpc) is 2.60. The van der Waals surface area contributed by atoms with Crippen LogP contribution in [0.15, 0.2) is 53.7 Å². The van der Waals surface area contributed by atoms with E-state index < -0.39 is 0 Å². The third-order valence-electron chi connectivity index (χ3n) is 4.31. The highest BCUT2D eigenvalue weighted by Crippen LogP contribution is 2.29. The monoisotopic (exact) mass is 420 g/mol. The van der Waals surface area contributed by atoms with E-state index in [-0.39, 0.29) is 18.4 Å². The number of nitrogens with one attached hydrogen (secondary N) is 2. The van der Waals surface area contributed by atoms with Crippen LogP contribution in [0.4, 0.5) is 0 Å². The van der Waals surface area contributed by atoms with Crippen molar-refractivity contribution in [3.63, 3.8) is 0 Å². The fourth-order valence-electron chi connectivity index (χ4n) is 2.99. The minimum absolute atomic E-state index is 0.00584. The van der Waals surface area contributed by atoms with Gasteiger partial charge >= 0.3 is 0 Å². The Labute approximate surface area is 173 Å². The van der Waals surface area contributed by atoms with E-state index in [0.29, 0.717) is 26.5 Å². The van der Waals surface area contributed by atoms with Crippen molar-refractivity contribution in [3.8, 4) is 5.75 Å². The Bertz CT molecular complexity index is 906. The number of allylic oxidation sites excluding steroid dienone is 1. The summed E-state index contributed by atoms with van der Waals surface area (Å²) in [6.45, 7) is 3.67. The molecule has 0 saturated carbocycles. The van der Waals surface area contributed by atoms with Gasteiger partial charge in [-0.3, -0.25) is 4.79 Å². The summed E-state index contributed by atoms with van der Waals surface area (Å²) in [7, 11) is 0. The molecule has 0 aliphatic carbocycles. The second-order valence-electron chi connectivity index (χ2n) is 6.18. The van der Waals surface area contributed by atoms with Crippen molar-refractivity contribution in [2.45, 2.75) is 26.5 Å². The van der Waals surface area contributed by atoms with E-state index >= 15 is 0 Å². The highest BCUT2D eigenvalue weighted by molar-refractivity contribution is 7.80. The highest BCUT2D eigenvalue weighted by atomic mass is 35.5. The number of ketones is 1. The lowest BCUT2D eigenvalue weighted by molar-refractivity contribution is -0.114. The fourth-order valence-corrected chi connectivity index (χ4v) is 3.77. The van der Waals surface area contributed by atoms with E-state index in [0.717, 1.165) is 16.8 Å². The van der Waals surface area contributed by atoms with Crippen molar-refractivity contribution in [1.29, 1.82) is 0 Å². The van der Waals surface area contributed by atoms with Gasteiger partial charge in [0, 0.05) is 26.9 Å². The van der Waals surface area contributed by atoms with Crippen molar-refractivity contribution >= 4 is 46.3 Å². The van der Waals surface area contributed by atoms with E-state index in [1.54, 1.807) is 25.1 Å². The molecule has 0 bridgehead atoms. The van der Waals surface area contributed by atoms with Crippen LogP contribution in [0.5, 0.6) is 5.75 Å². The number of benzene rings is 2. The molecule has 3 rings (SSSR count). The van der Waals surface area contributed by atoms with Crippen molar-refractivity contribution < 1.29 is 9.53 Å². The van der Waals surface area contributed by atoms with Gasteiger partial charge in [-0.2, -0.15) is 0 Å². The summed E-state index contributed by atoms with van der Waals surface area (Å²) in [5.41, 5.74) is 3.10. The number of thiocarbonyl (C=S) groups is 1. The molecule has 1 unspecified atom stereocenters. The van der Waals surface area contributed by atoms with Crippen LogP contribution in [0.3, 0.4) is 0 Å². The van der Waals surface area contributed by atoms with E-state index in [9.17, 15) is 4.79 Å². The molecule has 4 nitrogen and oxygen atoms in total. The van der Waals surface area contributed by atoms with Gasteiger partial charge in [0.05, 0.1) is 6.04 Å². The standard InChI is InChI=1S/C20H18Cl2N2O2S/c1-11-18(12(2)25)19(24-20(27)23-11)13-6-8-14(9-7-13)26-10-15-16(21)4-3-5-17(15)22/h3-9,19H,10H2,1-2H3,(H2,23,24,27). The lowest BCUT2D eigenvalue weighted by Crippen LogP contribution is -2.44. The molecule has 0 radical (unpaired) electrons. The summed E-state index contributed by atoms with van der Waals surface area (Å²) in [6.07, 6.45) is 0. The molecule has 140 valence electrons. The quantitative estimate of drug-likeness (QED) is 0.669. The molecule has 1 aliphatic heterocycles. The van der Waals surface area contributed by atoms with Crippen LogP contribution in [0, 0.1) is 0 Å². The third-order valence-corrected chi connectivity index (χ3v) is 5.23. The van der Waals surface area contributed by atoms with Crippen LogP contribution in [0.25, 0.3) is 0 Å². The summed E-state index contributed by atoms with van der Waals surface area (Å²) in [6, 6.07) is 12.6. The molecule has 2 N–H and O–H groups in total. The molecule has 0 amide bonds. The molecule has 1 aliphatic rings. The van der Waals surface area contributed by atoms with Crippen LogP contribution in [0.1, 0.15) is 31.0 Å². The summed E-state index contributed by atoms with van der Waals surface area (Å²) >= 11 is 17.6. The van der Waals surface area contributed by atoms with Crippen LogP contribution in [-0.2, 0) is 11.4 Å². The Morgan fingerprint density at radius 2 is 1.78 bits per heavy atom. The van der Waals surface area contributed by atoms with Crippen molar-refractivity contribution in [1.82, 2.24) is 10.6 Å². The van der Waals surface area contributed by atoms with Crippen LogP contribution in [-0.4, -0.2) is 10.9 Å². The Kier molecular flexibility index (Phi) is 6.05. The number of hydrogen-bond donors (Lipinski definition) is 2. The Morgan fingerprint density at radius 3 is 2.37 bits per heavy atom. The van der Waals surface area contributed by atoms with Crippen LogP contribution in [0.2, 0.25) is 10.0 Å². The van der Waals surface area contributed by atoms with E-state index in [4.69, 9.17) is 40.2 Å². The maximum atomic E-state index is 12.1. The van der Waals surface area contributed by atoms with E-state index in [1.807, 2.05) is 31.2 Å². The Morgan fingerprint density at radius 1 is 1.15 bits per heavy atom.